The molecule has 0 aromatic rings. The van der Waals surface area contributed by atoms with Gasteiger partial charge < -0.3 is 20.7 Å². The maximum Gasteiger partial charge on any atom is 0.241 e. The molecule has 0 spiro atoms. The molecule has 18 heavy (non-hydrogen) atoms. The first-order chi connectivity index (χ1) is 8.24. The number of carbonyl (C=O) groups is 1. The Labute approximate surface area is 126 Å². The van der Waals surface area contributed by atoms with E-state index in [9.17, 15) is 4.79 Å². The van der Waals surface area contributed by atoms with Gasteiger partial charge in [-0.2, -0.15) is 0 Å². The van der Waals surface area contributed by atoms with Crippen LogP contribution in [0.1, 0.15) is 6.92 Å². The maximum atomic E-state index is 11.4. The lowest BCUT2D eigenvalue weighted by atomic mass is 10.5. The van der Waals surface area contributed by atoms with Crippen LogP contribution < -0.4 is 16.0 Å². The lowest BCUT2D eigenvalue weighted by Gasteiger charge is -2.09. The van der Waals surface area contributed by atoms with E-state index in [0.29, 0.717) is 25.7 Å². The molecule has 6 nitrogen and oxygen atoms in total. The number of halogens is 1. The quantitative estimate of drug-likeness (QED) is 0.186. The van der Waals surface area contributed by atoms with Crippen LogP contribution in [0.5, 0.6) is 0 Å². The molecule has 0 aromatic heterocycles. The van der Waals surface area contributed by atoms with Crippen LogP contribution in [-0.2, 0) is 9.53 Å². The average molecular weight is 370 g/mol. The summed E-state index contributed by atoms with van der Waals surface area (Å²) in [6, 6.07) is 0. The van der Waals surface area contributed by atoms with Crippen molar-refractivity contribution in [1.82, 2.24) is 16.0 Å². The molecule has 0 aromatic carbocycles. The summed E-state index contributed by atoms with van der Waals surface area (Å²) < 4.78 is 4.82. The van der Waals surface area contributed by atoms with E-state index in [4.69, 9.17) is 4.74 Å². The lowest BCUT2D eigenvalue weighted by Crippen LogP contribution is -2.38. The summed E-state index contributed by atoms with van der Waals surface area (Å²) in [4.78, 5) is 15.5. The Balaban J connectivity index is 0. The second kappa shape index (κ2) is 14.2. The fourth-order valence-electron chi connectivity index (χ4n) is 1.01. The zero-order valence-corrected chi connectivity index (χ0v) is 13.3. The van der Waals surface area contributed by atoms with Crippen molar-refractivity contribution in [1.29, 1.82) is 0 Å². The Kier molecular flexibility index (Phi) is 15.4. The second-order valence-corrected chi connectivity index (χ2v) is 3.21. The lowest BCUT2D eigenvalue weighted by molar-refractivity contribution is -0.119. The van der Waals surface area contributed by atoms with Crippen molar-refractivity contribution < 1.29 is 9.53 Å². The number of amides is 1. The van der Waals surface area contributed by atoms with E-state index in [1.54, 1.807) is 13.2 Å². The summed E-state index contributed by atoms with van der Waals surface area (Å²) in [6.07, 6.45) is 1.73. The first-order valence-electron chi connectivity index (χ1n) is 5.63. The molecule has 0 saturated heterocycles. The van der Waals surface area contributed by atoms with Crippen LogP contribution in [0.15, 0.2) is 17.6 Å². The number of rotatable bonds is 8. The normalized spacial score (nSPS) is 10.2. The van der Waals surface area contributed by atoms with Gasteiger partial charge in [0.05, 0.1) is 6.61 Å². The van der Waals surface area contributed by atoms with E-state index in [-0.39, 0.29) is 36.4 Å². The zero-order valence-electron chi connectivity index (χ0n) is 11.0. The van der Waals surface area contributed by atoms with E-state index < -0.39 is 0 Å². The maximum absolute atomic E-state index is 11.4. The molecule has 0 fully saturated rings. The van der Waals surface area contributed by atoms with Crippen LogP contribution in [0.4, 0.5) is 0 Å². The molecule has 0 radical (unpaired) electrons. The van der Waals surface area contributed by atoms with E-state index in [1.807, 2.05) is 6.92 Å². The molecule has 0 aliphatic heterocycles. The molecule has 7 heteroatoms. The molecule has 106 valence electrons. The average Bonchev–Trinajstić information content (AvgIpc) is 2.33. The van der Waals surface area contributed by atoms with Gasteiger partial charge in [-0.15, -0.1) is 30.6 Å². The first-order valence-corrected chi connectivity index (χ1v) is 5.63. The smallest absolute Gasteiger partial charge is 0.241 e. The minimum Gasteiger partial charge on any atom is -0.383 e. The largest absolute Gasteiger partial charge is 0.383 e. The third-order valence-electron chi connectivity index (χ3n) is 1.77. The number of carbonyl (C=O) groups excluding carboxylic acids is 1. The van der Waals surface area contributed by atoms with Gasteiger partial charge in [-0.1, -0.05) is 6.08 Å². The number of aliphatic imine (C=N–C) groups is 1. The summed E-state index contributed by atoms with van der Waals surface area (Å²) in [7, 11) is 1.59. The molecule has 3 N–H and O–H groups in total. The fraction of sp³-hybridized carbons (Fsp3) is 0.636. The molecular weight excluding hydrogens is 347 g/mol. The first kappa shape index (κ1) is 19.5. The van der Waals surface area contributed by atoms with Crippen molar-refractivity contribution in [3.8, 4) is 0 Å². The standard InChI is InChI=1S/C11H22N4O2.HI/c1-4-6-14-11(12-5-2)15-9-10(16)13-7-8-17-3;/h4H,1,5-9H2,2-3H3,(H,13,16)(H2,12,14,15);1H. The zero-order chi connectivity index (χ0) is 12.9. The van der Waals surface area contributed by atoms with Crippen molar-refractivity contribution in [2.45, 2.75) is 6.92 Å². The SMILES string of the molecule is C=CCNC(=NCC(=O)NCCOC)NCC.I. The Morgan fingerprint density at radius 3 is 2.67 bits per heavy atom. The summed E-state index contributed by atoms with van der Waals surface area (Å²) in [6.45, 7) is 8.01. The highest BCUT2D eigenvalue weighted by Gasteiger charge is 2.00. The number of nitrogens with one attached hydrogen (secondary N) is 3. The topological polar surface area (TPSA) is 74.8 Å². The molecule has 0 rings (SSSR count). The molecule has 0 bridgehead atoms. The van der Waals surface area contributed by atoms with Crippen molar-refractivity contribution in [3.63, 3.8) is 0 Å². The molecule has 0 heterocycles. The van der Waals surface area contributed by atoms with Gasteiger partial charge in [0.1, 0.15) is 6.54 Å². The summed E-state index contributed by atoms with van der Waals surface area (Å²) in [5.74, 6) is 0.479. The Hall–Kier alpha value is -0.830. The van der Waals surface area contributed by atoms with Crippen LogP contribution >= 0.6 is 24.0 Å². The fourth-order valence-corrected chi connectivity index (χ4v) is 1.01. The van der Waals surface area contributed by atoms with Crippen molar-refractivity contribution >= 4 is 35.8 Å². The van der Waals surface area contributed by atoms with Crippen LogP contribution in [0, 0.1) is 0 Å². The van der Waals surface area contributed by atoms with Crippen molar-refractivity contribution in [2.75, 3.05) is 39.9 Å². The predicted molar refractivity (Wildman–Crippen MR) is 84.5 cm³/mol. The van der Waals surface area contributed by atoms with Crippen LogP contribution in [0.25, 0.3) is 0 Å². The molecule has 1 amide bonds. The van der Waals surface area contributed by atoms with Crippen LogP contribution in [-0.4, -0.2) is 51.8 Å². The van der Waals surface area contributed by atoms with Crippen molar-refractivity contribution in [3.05, 3.63) is 12.7 Å². The van der Waals surface area contributed by atoms with Gasteiger partial charge in [-0.3, -0.25) is 4.79 Å². The highest BCUT2D eigenvalue weighted by atomic mass is 127. The van der Waals surface area contributed by atoms with Gasteiger partial charge in [0.15, 0.2) is 5.96 Å². The molecular formula is C11H23IN4O2. The van der Waals surface area contributed by atoms with Gasteiger partial charge >= 0.3 is 0 Å². The number of methoxy groups -OCH3 is 1. The van der Waals surface area contributed by atoms with Crippen LogP contribution in [0.3, 0.4) is 0 Å². The van der Waals surface area contributed by atoms with Gasteiger partial charge in [0.2, 0.25) is 5.91 Å². The van der Waals surface area contributed by atoms with Gasteiger partial charge in [-0.05, 0) is 6.92 Å². The van der Waals surface area contributed by atoms with E-state index in [2.05, 4.69) is 27.5 Å². The number of nitrogens with zero attached hydrogens (tertiary/aromatic N) is 1. The predicted octanol–water partition coefficient (Wildman–Crippen LogP) is 0.108. The molecule has 0 saturated carbocycles. The number of hydrogen-bond acceptors (Lipinski definition) is 3. The van der Waals surface area contributed by atoms with Crippen molar-refractivity contribution in [2.24, 2.45) is 4.99 Å². The van der Waals surface area contributed by atoms with Gasteiger partial charge in [0.25, 0.3) is 0 Å². The Morgan fingerprint density at radius 2 is 2.11 bits per heavy atom. The van der Waals surface area contributed by atoms with Gasteiger partial charge in [-0.25, -0.2) is 4.99 Å². The minimum atomic E-state index is -0.127. The van der Waals surface area contributed by atoms with E-state index in [0.717, 1.165) is 6.54 Å². The monoisotopic (exact) mass is 370 g/mol. The summed E-state index contributed by atoms with van der Waals surface area (Å²) in [5, 5.41) is 8.73. The number of ether oxygens (including phenoxy) is 1. The third kappa shape index (κ3) is 11.6. The molecule has 0 unspecified atom stereocenters. The summed E-state index contributed by atoms with van der Waals surface area (Å²) >= 11 is 0. The van der Waals surface area contributed by atoms with E-state index >= 15 is 0 Å². The van der Waals surface area contributed by atoms with Gasteiger partial charge in [0, 0.05) is 26.7 Å². The second-order valence-electron chi connectivity index (χ2n) is 3.21. The minimum absolute atomic E-state index is 0. The van der Waals surface area contributed by atoms with Crippen LogP contribution in [0.2, 0.25) is 0 Å². The number of guanidine groups is 1. The van der Waals surface area contributed by atoms with E-state index in [1.165, 1.54) is 0 Å². The highest BCUT2D eigenvalue weighted by molar-refractivity contribution is 14.0. The highest BCUT2D eigenvalue weighted by Crippen LogP contribution is 1.76. The Morgan fingerprint density at radius 1 is 1.39 bits per heavy atom. The third-order valence-corrected chi connectivity index (χ3v) is 1.77. The summed E-state index contributed by atoms with van der Waals surface area (Å²) in [5.41, 5.74) is 0. The Bertz CT molecular complexity index is 259. The number of hydrogen-bond donors (Lipinski definition) is 3. The molecule has 0 atom stereocenters. The molecule has 0 aliphatic carbocycles. The molecule has 0 aliphatic rings.